The molecule has 2 aromatic rings. The summed E-state index contributed by atoms with van der Waals surface area (Å²) in [6, 6.07) is 16.8. The normalized spacial score (nSPS) is 16.9. The number of anilines is 1. The molecular formula is C20H24N2OS. The summed E-state index contributed by atoms with van der Waals surface area (Å²) in [6.07, 6.45) is 1.15. The van der Waals surface area contributed by atoms with Crippen LogP contribution in [0.5, 0.6) is 5.75 Å². The molecule has 0 spiro atoms. The maximum atomic E-state index is 5.59. The van der Waals surface area contributed by atoms with Gasteiger partial charge in [0.25, 0.3) is 0 Å². The van der Waals surface area contributed by atoms with Gasteiger partial charge in [-0.3, -0.25) is 0 Å². The van der Waals surface area contributed by atoms with Crippen LogP contribution in [0.15, 0.2) is 48.5 Å². The monoisotopic (exact) mass is 340 g/mol. The third-order valence-electron chi connectivity index (χ3n) is 4.44. The minimum atomic E-state index is 0.561. The first-order valence-corrected chi connectivity index (χ1v) is 8.92. The van der Waals surface area contributed by atoms with Crippen LogP contribution < -0.4 is 10.1 Å². The van der Waals surface area contributed by atoms with Crippen molar-refractivity contribution >= 4 is 23.0 Å². The van der Waals surface area contributed by atoms with Crippen molar-refractivity contribution in [2.75, 3.05) is 25.0 Å². The fourth-order valence-corrected chi connectivity index (χ4v) is 3.34. The Morgan fingerprint density at radius 1 is 1.17 bits per heavy atom. The highest BCUT2D eigenvalue weighted by molar-refractivity contribution is 7.80. The third-order valence-corrected chi connectivity index (χ3v) is 4.80. The molecule has 1 heterocycles. The van der Waals surface area contributed by atoms with E-state index in [2.05, 4.69) is 41.4 Å². The zero-order valence-electron chi connectivity index (χ0n) is 14.3. The van der Waals surface area contributed by atoms with Crippen molar-refractivity contribution in [2.45, 2.75) is 26.2 Å². The summed E-state index contributed by atoms with van der Waals surface area (Å²) in [5.41, 5.74) is 3.72. The van der Waals surface area contributed by atoms with Crippen LogP contribution >= 0.6 is 12.2 Å². The number of aryl methyl sites for hydroxylation is 1. The Morgan fingerprint density at radius 2 is 1.88 bits per heavy atom. The summed E-state index contributed by atoms with van der Waals surface area (Å²) in [7, 11) is 0. The maximum Gasteiger partial charge on any atom is 0.173 e. The number of rotatable bonds is 4. The SMILES string of the molecule is CCOc1ccc(NC(=S)N2CC[C@@H](c3ccc(C)cc3)C2)cc1. The molecule has 3 rings (SSSR count). The molecule has 126 valence electrons. The molecule has 0 aliphatic carbocycles. The lowest BCUT2D eigenvalue weighted by molar-refractivity contribution is 0.340. The summed E-state index contributed by atoms with van der Waals surface area (Å²) >= 11 is 5.59. The zero-order valence-corrected chi connectivity index (χ0v) is 15.1. The van der Waals surface area contributed by atoms with E-state index in [-0.39, 0.29) is 0 Å². The maximum absolute atomic E-state index is 5.59. The predicted octanol–water partition coefficient (Wildman–Crippen LogP) is 4.58. The minimum absolute atomic E-state index is 0.561. The fourth-order valence-electron chi connectivity index (χ4n) is 3.06. The number of nitrogens with zero attached hydrogens (tertiary/aromatic N) is 1. The van der Waals surface area contributed by atoms with Crippen LogP contribution in [0.2, 0.25) is 0 Å². The highest BCUT2D eigenvalue weighted by Crippen LogP contribution is 2.28. The van der Waals surface area contributed by atoms with Crippen LogP contribution in [0.4, 0.5) is 5.69 Å². The van der Waals surface area contributed by atoms with Crippen molar-refractivity contribution in [3.63, 3.8) is 0 Å². The van der Waals surface area contributed by atoms with Crippen molar-refractivity contribution in [1.29, 1.82) is 0 Å². The molecule has 0 saturated carbocycles. The van der Waals surface area contributed by atoms with Gasteiger partial charge in [-0.15, -0.1) is 0 Å². The van der Waals surface area contributed by atoms with Gasteiger partial charge in [-0.05, 0) is 62.3 Å². The lowest BCUT2D eigenvalue weighted by atomic mass is 9.98. The molecule has 1 aliphatic heterocycles. The van der Waals surface area contributed by atoms with E-state index in [1.807, 2.05) is 31.2 Å². The van der Waals surface area contributed by atoms with Crippen molar-refractivity contribution < 1.29 is 4.74 Å². The Balaban J connectivity index is 1.57. The van der Waals surface area contributed by atoms with Crippen molar-refractivity contribution in [3.8, 4) is 5.75 Å². The highest BCUT2D eigenvalue weighted by atomic mass is 32.1. The minimum Gasteiger partial charge on any atom is -0.494 e. The molecule has 0 radical (unpaired) electrons. The zero-order chi connectivity index (χ0) is 16.9. The summed E-state index contributed by atoms with van der Waals surface area (Å²) in [5, 5.41) is 4.14. The van der Waals surface area contributed by atoms with Gasteiger partial charge in [-0.25, -0.2) is 0 Å². The Morgan fingerprint density at radius 3 is 2.54 bits per heavy atom. The molecule has 24 heavy (non-hydrogen) atoms. The second kappa shape index (κ2) is 7.67. The van der Waals surface area contributed by atoms with Gasteiger partial charge in [0.2, 0.25) is 0 Å². The second-order valence-corrected chi connectivity index (χ2v) is 6.62. The van der Waals surface area contributed by atoms with E-state index in [1.54, 1.807) is 0 Å². The van der Waals surface area contributed by atoms with Crippen LogP contribution in [0.3, 0.4) is 0 Å². The molecule has 4 heteroatoms. The highest BCUT2D eigenvalue weighted by Gasteiger charge is 2.25. The fraction of sp³-hybridized carbons (Fsp3) is 0.350. The van der Waals surface area contributed by atoms with Gasteiger partial charge in [-0.2, -0.15) is 0 Å². The van der Waals surface area contributed by atoms with Gasteiger partial charge >= 0.3 is 0 Å². The smallest absolute Gasteiger partial charge is 0.173 e. The molecule has 0 aromatic heterocycles. The molecule has 1 fully saturated rings. The Hall–Kier alpha value is -2.07. The Labute approximate surface area is 149 Å². The van der Waals surface area contributed by atoms with Crippen LogP contribution in [-0.2, 0) is 0 Å². The number of thiocarbonyl (C=S) groups is 1. The molecule has 1 aliphatic rings. The third kappa shape index (κ3) is 4.06. The van der Waals surface area contributed by atoms with Gasteiger partial charge in [-0.1, -0.05) is 29.8 Å². The lowest BCUT2D eigenvalue weighted by Gasteiger charge is -2.21. The first-order chi connectivity index (χ1) is 11.7. The molecule has 1 saturated heterocycles. The first kappa shape index (κ1) is 16.8. The standard InChI is InChI=1S/C20H24N2OS/c1-3-23-19-10-8-18(9-11-19)21-20(24)22-13-12-17(14-22)16-6-4-15(2)5-7-16/h4-11,17H,3,12-14H2,1-2H3,(H,21,24)/t17-/m1/s1. The summed E-state index contributed by atoms with van der Waals surface area (Å²) in [4.78, 5) is 2.26. The van der Waals surface area contributed by atoms with Gasteiger partial charge < -0.3 is 15.0 Å². The number of hydrogen-bond donors (Lipinski definition) is 1. The number of likely N-dealkylation sites (tertiary alicyclic amines) is 1. The van der Waals surface area contributed by atoms with Gasteiger partial charge in [0.1, 0.15) is 5.75 Å². The Bertz CT molecular complexity index is 682. The number of hydrogen-bond acceptors (Lipinski definition) is 2. The van der Waals surface area contributed by atoms with E-state index in [0.29, 0.717) is 12.5 Å². The second-order valence-electron chi connectivity index (χ2n) is 6.23. The predicted molar refractivity (Wildman–Crippen MR) is 104 cm³/mol. The molecule has 0 bridgehead atoms. The number of nitrogens with one attached hydrogen (secondary N) is 1. The molecule has 3 nitrogen and oxygen atoms in total. The van der Waals surface area contributed by atoms with Crippen molar-refractivity contribution in [2.24, 2.45) is 0 Å². The van der Waals surface area contributed by atoms with Crippen LogP contribution in [0.1, 0.15) is 30.4 Å². The van der Waals surface area contributed by atoms with Gasteiger partial charge in [0.05, 0.1) is 6.61 Å². The van der Waals surface area contributed by atoms with Crippen molar-refractivity contribution in [3.05, 3.63) is 59.7 Å². The molecule has 1 N–H and O–H groups in total. The van der Waals surface area contributed by atoms with E-state index >= 15 is 0 Å². The summed E-state index contributed by atoms with van der Waals surface area (Å²) < 4.78 is 5.47. The first-order valence-electron chi connectivity index (χ1n) is 8.51. The molecule has 1 atom stereocenters. The quantitative estimate of drug-likeness (QED) is 0.824. The largest absolute Gasteiger partial charge is 0.494 e. The number of benzene rings is 2. The topological polar surface area (TPSA) is 24.5 Å². The molecule has 0 amide bonds. The van der Waals surface area contributed by atoms with E-state index in [1.165, 1.54) is 11.1 Å². The lowest BCUT2D eigenvalue weighted by Crippen LogP contribution is -2.32. The Kier molecular flexibility index (Phi) is 5.36. The average Bonchev–Trinajstić information content (AvgIpc) is 3.08. The van der Waals surface area contributed by atoms with Gasteiger partial charge in [0, 0.05) is 24.7 Å². The van der Waals surface area contributed by atoms with Crippen LogP contribution in [0.25, 0.3) is 0 Å². The van der Waals surface area contributed by atoms with Crippen molar-refractivity contribution in [1.82, 2.24) is 4.90 Å². The van der Waals surface area contributed by atoms with Gasteiger partial charge in [0.15, 0.2) is 5.11 Å². The molecule has 0 unspecified atom stereocenters. The summed E-state index contributed by atoms with van der Waals surface area (Å²) in [6.45, 7) is 6.77. The van der Waals surface area contributed by atoms with E-state index in [9.17, 15) is 0 Å². The summed E-state index contributed by atoms with van der Waals surface area (Å²) in [5.74, 6) is 1.44. The van der Waals surface area contributed by atoms with E-state index in [4.69, 9.17) is 17.0 Å². The van der Waals surface area contributed by atoms with Crippen LogP contribution in [0, 0.1) is 6.92 Å². The molecule has 2 aromatic carbocycles. The molecular weight excluding hydrogens is 316 g/mol. The van der Waals surface area contributed by atoms with Crippen LogP contribution in [-0.4, -0.2) is 29.7 Å². The average molecular weight is 340 g/mol. The number of ether oxygens (including phenoxy) is 1. The van der Waals surface area contributed by atoms with E-state index in [0.717, 1.165) is 36.1 Å². The van der Waals surface area contributed by atoms with E-state index < -0.39 is 0 Å².